The van der Waals surface area contributed by atoms with Gasteiger partial charge in [0.1, 0.15) is 0 Å². The molecule has 0 bridgehead atoms. The Balaban J connectivity index is 3.06. The standard InChI is InChI=1S/C8H14ClN/c1-3-7-10(2)8-5-4-6-9/h1H,4-8H2,2H3. The first-order valence-electron chi connectivity index (χ1n) is 3.49. The summed E-state index contributed by atoms with van der Waals surface area (Å²) >= 11 is 5.50. The van der Waals surface area contributed by atoms with E-state index < -0.39 is 0 Å². The summed E-state index contributed by atoms with van der Waals surface area (Å²) < 4.78 is 0. The van der Waals surface area contributed by atoms with E-state index in [9.17, 15) is 0 Å². The van der Waals surface area contributed by atoms with Crippen molar-refractivity contribution in [1.82, 2.24) is 4.90 Å². The number of hydrogen-bond acceptors (Lipinski definition) is 1. The van der Waals surface area contributed by atoms with Crippen molar-refractivity contribution in [1.29, 1.82) is 0 Å². The lowest BCUT2D eigenvalue weighted by Gasteiger charge is -2.11. The van der Waals surface area contributed by atoms with Crippen LogP contribution < -0.4 is 0 Å². The molecule has 0 N–H and O–H groups in total. The van der Waals surface area contributed by atoms with Crippen LogP contribution in [0.2, 0.25) is 0 Å². The van der Waals surface area contributed by atoms with Crippen molar-refractivity contribution in [2.45, 2.75) is 12.8 Å². The maximum atomic E-state index is 5.50. The average Bonchev–Trinajstić information content (AvgIpc) is 1.89. The first kappa shape index (κ1) is 9.81. The van der Waals surface area contributed by atoms with Crippen LogP contribution in [0.5, 0.6) is 0 Å². The van der Waals surface area contributed by atoms with Gasteiger partial charge in [0.15, 0.2) is 0 Å². The third-order valence-electron chi connectivity index (χ3n) is 1.28. The molecule has 0 radical (unpaired) electrons. The molecule has 10 heavy (non-hydrogen) atoms. The number of unbranched alkanes of at least 4 members (excludes halogenated alkanes) is 1. The third-order valence-corrected chi connectivity index (χ3v) is 1.55. The van der Waals surface area contributed by atoms with Crippen molar-refractivity contribution >= 4 is 11.6 Å². The van der Waals surface area contributed by atoms with Crippen LogP contribution >= 0.6 is 11.6 Å². The van der Waals surface area contributed by atoms with E-state index in [4.69, 9.17) is 18.0 Å². The fourth-order valence-corrected chi connectivity index (χ4v) is 0.900. The number of hydrogen-bond donors (Lipinski definition) is 0. The zero-order valence-electron chi connectivity index (χ0n) is 6.44. The van der Waals surface area contributed by atoms with Crippen LogP contribution in [0.1, 0.15) is 12.8 Å². The van der Waals surface area contributed by atoms with E-state index in [1.807, 2.05) is 7.05 Å². The molecule has 0 aromatic heterocycles. The average molecular weight is 160 g/mol. The molecule has 0 aliphatic heterocycles. The second kappa shape index (κ2) is 6.92. The van der Waals surface area contributed by atoms with Gasteiger partial charge in [0, 0.05) is 5.88 Å². The van der Waals surface area contributed by atoms with Gasteiger partial charge >= 0.3 is 0 Å². The quantitative estimate of drug-likeness (QED) is 0.335. The van der Waals surface area contributed by atoms with E-state index in [-0.39, 0.29) is 0 Å². The Morgan fingerprint density at radius 1 is 1.50 bits per heavy atom. The van der Waals surface area contributed by atoms with Gasteiger partial charge in [-0.15, -0.1) is 18.0 Å². The molecular weight excluding hydrogens is 146 g/mol. The molecule has 1 nitrogen and oxygen atoms in total. The highest BCUT2D eigenvalue weighted by atomic mass is 35.5. The Kier molecular flexibility index (Phi) is 6.79. The summed E-state index contributed by atoms with van der Waals surface area (Å²) in [7, 11) is 2.02. The Labute approximate surface area is 68.4 Å². The largest absolute Gasteiger partial charge is 0.295 e. The van der Waals surface area contributed by atoms with Crippen LogP contribution in [-0.4, -0.2) is 30.9 Å². The van der Waals surface area contributed by atoms with E-state index in [1.54, 1.807) is 0 Å². The summed E-state index contributed by atoms with van der Waals surface area (Å²) in [5.41, 5.74) is 0. The van der Waals surface area contributed by atoms with E-state index in [0.717, 1.165) is 31.8 Å². The zero-order chi connectivity index (χ0) is 7.82. The highest BCUT2D eigenvalue weighted by Gasteiger charge is 1.93. The molecule has 0 aromatic rings. The van der Waals surface area contributed by atoms with Gasteiger partial charge in [-0.25, -0.2) is 0 Å². The van der Waals surface area contributed by atoms with Crippen molar-refractivity contribution < 1.29 is 0 Å². The second-order valence-electron chi connectivity index (χ2n) is 2.34. The molecule has 0 saturated carbocycles. The van der Waals surface area contributed by atoms with Gasteiger partial charge in [0.25, 0.3) is 0 Å². The molecule has 0 rings (SSSR count). The fraction of sp³-hybridized carbons (Fsp3) is 0.750. The van der Waals surface area contributed by atoms with Gasteiger partial charge in [-0.2, -0.15) is 0 Å². The van der Waals surface area contributed by atoms with Crippen LogP contribution in [0, 0.1) is 12.3 Å². The summed E-state index contributed by atoms with van der Waals surface area (Å²) in [6.07, 6.45) is 7.34. The summed E-state index contributed by atoms with van der Waals surface area (Å²) in [5, 5.41) is 0. The number of halogens is 1. The summed E-state index contributed by atoms with van der Waals surface area (Å²) in [6, 6.07) is 0. The predicted molar refractivity (Wildman–Crippen MR) is 46.3 cm³/mol. The minimum Gasteiger partial charge on any atom is -0.295 e. The summed E-state index contributed by atoms with van der Waals surface area (Å²) in [4.78, 5) is 2.12. The number of terminal acetylenes is 1. The molecule has 0 aliphatic rings. The third kappa shape index (κ3) is 5.94. The normalized spacial score (nSPS) is 9.80. The molecular formula is C8H14ClN. The zero-order valence-corrected chi connectivity index (χ0v) is 7.19. The van der Waals surface area contributed by atoms with Crippen molar-refractivity contribution in [3.8, 4) is 12.3 Å². The summed E-state index contributed by atoms with van der Waals surface area (Å²) in [5.74, 6) is 3.34. The van der Waals surface area contributed by atoms with Gasteiger partial charge < -0.3 is 0 Å². The Morgan fingerprint density at radius 3 is 2.70 bits per heavy atom. The molecule has 2 heteroatoms. The first-order valence-corrected chi connectivity index (χ1v) is 4.02. The Hall–Kier alpha value is -0.190. The maximum absolute atomic E-state index is 5.50. The molecule has 0 amide bonds. The van der Waals surface area contributed by atoms with Gasteiger partial charge in [0.05, 0.1) is 6.54 Å². The van der Waals surface area contributed by atoms with E-state index in [2.05, 4.69) is 10.8 Å². The van der Waals surface area contributed by atoms with Crippen LogP contribution in [0.3, 0.4) is 0 Å². The van der Waals surface area contributed by atoms with Crippen LogP contribution in [-0.2, 0) is 0 Å². The highest BCUT2D eigenvalue weighted by Crippen LogP contribution is 1.93. The van der Waals surface area contributed by atoms with Gasteiger partial charge in [0.2, 0.25) is 0 Å². The first-order chi connectivity index (χ1) is 4.81. The molecule has 0 unspecified atom stereocenters. The molecule has 0 fully saturated rings. The lowest BCUT2D eigenvalue weighted by atomic mass is 10.3. The predicted octanol–water partition coefficient (Wildman–Crippen LogP) is 1.57. The van der Waals surface area contributed by atoms with E-state index in [1.165, 1.54) is 0 Å². The molecule has 0 aromatic carbocycles. The number of alkyl halides is 1. The minimum absolute atomic E-state index is 0.738. The van der Waals surface area contributed by atoms with E-state index in [0.29, 0.717) is 0 Å². The smallest absolute Gasteiger partial charge is 0.0596 e. The van der Waals surface area contributed by atoms with Crippen LogP contribution in [0.15, 0.2) is 0 Å². The van der Waals surface area contributed by atoms with Crippen molar-refractivity contribution in [2.24, 2.45) is 0 Å². The minimum atomic E-state index is 0.738. The molecule has 0 saturated heterocycles. The monoisotopic (exact) mass is 159 g/mol. The van der Waals surface area contributed by atoms with Crippen molar-refractivity contribution in [3.05, 3.63) is 0 Å². The van der Waals surface area contributed by atoms with Crippen LogP contribution in [0.25, 0.3) is 0 Å². The van der Waals surface area contributed by atoms with Gasteiger partial charge in [-0.3, -0.25) is 4.90 Å². The van der Waals surface area contributed by atoms with Crippen molar-refractivity contribution in [2.75, 3.05) is 26.0 Å². The highest BCUT2D eigenvalue weighted by molar-refractivity contribution is 6.17. The van der Waals surface area contributed by atoms with Crippen molar-refractivity contribution in [3.63, 3.8) is 0 Å². The Bertz CT molecular complexity index is 106. The van der Waals surface area contributed by atoms with Gasteiger partial charge in [-0.05, 0) is 26.4 Å². The molecule has 58 valence electrons. The molecule has 0 atom stereocenters. The number of rotatable bonds is 5. The molecule has 0 spiro atoms. The lowest BCUT2D eigenvalue weighted by Crippen LogP contribution is -2.19. The molecule has 0 heterocycles. The fourth-order valence-electron chi connectivity index (χ4n) is 0.711. The molecule has 0 aliphatic carbocycles. The van der Waals surface area contributed by atoms with Gasteiger partial charge in [-0.1, -0.05) is 5.92 Å². The SMILES string of the molecule is C#CCN(C)CCCCCl. The van der Waals surface area contributed by atoms with E-state index >= 15 is 0 Å². The summed E-state index contributed by atoms with van der Waals surface area (Å²) in [6.45, 7) is 1.79. The topological polar surface area (TPSA) is 3.24 Å². The second-order valence-corrected chi connectivity index (χ2v) is 2.72. The number of nitrogens with zero attached hydrogens (tertiary/aromatic N) is 1. The van der Waals surface area contributed by atoms with Crippen LogP contribution in [0.4, 0.5) is 0 Å². The lowest BCUT2D eigenvalue weighted by molar-refractivity contribution is 0.368. The Morgan fingerprint density at radius 2 is 2.20 bits per heavy atom. The maximum Gasteiger partial charge on any atom is 0.0596 e.